The Morgan fingerprint density at radius 1 is 1.18 bits per heavy atom. The summed E-state index contributed by atoms with van der Waals surface area (Å²) in [4.78, 5) is 5.25. The highest BCUT2D eigenvalue weighted by Gasteiger charge is 2.02. The Bertz CT molecular complexity index is 616. The van der Waals surface area contributed by atoms with Gasteiger partial charge in [0, 0.05) is 16.5 Å². The topological polar surface area (TPSA) is 50.7 Å². The Balaban J connectivity index is 1.90. The molecule has 0 saturated carbocycles. The van der Waals surface area contributed by atoms with Crippen molar-refractivity contribution in [1.29, 1.82) is 0 Å². The van der Waals surface area contributed by atoms with Gasteiger partial charge < -0.3 is 5.32 Å². The first kappa shape index (κ1) is 10.2. The van der Waals surface area contributed by atoms with Crippen molar-refractivity contribution in [3.63, 3.8) is 0 Å². The number of hydrogen-bond acceptors (Lipinski definition) is 5. The van der Waals surface area contributed by atoms with Crippen LogP contribution < -0.4 is 5.32 Å². The second kappa shape index (κ2) is 4.47. The lowest BCUT2D eigenvalue weighted by atomic mass is 10.2. The van der Waals surface area contributed by atoms with Crippen LogP contribution in [0.5, 0.6) is 0 Å². The van der Waals surface area contributed by atoms with Gasteiger partial charge in [-0.15, -0.1) is 11.3 Å². The lowest BCUT2D eigenvalue weighted by Gasteiger charge is -2.06. The Morgan fingerprint density at radius 2 is 2.12 bits per heavy atom. The zero-order chi connectivity index (χ0) is 11.5. The van der Waals surface area contributed by atoms with E-state index in [2.05, 4.69) is 20.5 Å². The number of hydrogen-bond donors (Lipinski definition) is 1. The van der Waals surface area contributed by atoms with Crippen molar-refractivity contribution >= 4 is 27.9 Å². The van der Waals surface area contributed by atoms with Crippen molar-refractivity contribution in [2.75, 3.05) is 5.32 Å². The summed E-state index contributed by atoms with van der Waals surface area (Å²) < 4.78 is 0. The third kappa shape index (κ3) is 2.09. The number of fused-ring (bicyclic) bond motifs is 1. The van der Waals surface area contributed by atoms with E-state index in [-0.39, 0.29) is 0 Å². The molecule has 5 heteroatoms. The molecule has 17 heavy (non-hydrogen) atoms. The maximum atomic E-state index is 4.09. The molecule has 0 bridgehead atoms. The molecular formula is C12H10N4S. The third-order valence-corrected chi connectivity index (χ3v) is 3.26. The van der Waals surface area contributed by atoms with E-state index in [1.807, 2.05) is 36.0 Å². The van der Waals surface area contributed by atoms with Crippen LogP contribution in [0.15, 0.2) is 42.2 Å². The zero-order valence-corrected chi connectivity index (χ0v) is 9.81. The largest absolute Gasteiger partial charge is 0.378 e. The number of anilines is 1. The SMILES string of the molecule is c1ccc2c(NCc3cncs3)cnnc2c1. The van der Waals surface area contributed by atoms with Crippen molar-refractivity contribution in [3.05, 3.63) is 47.0 Å². The number of nitrogens with zero attached hydrogens (tertiary/aromatic N) is 3. The van der Waals surface area contributed by atoms with Gasteiger partial charge in [0.05, 0.1) is 29.5 Å². The number of aromatic nitrogens is 3. The quantitative estimate of drug-likeness (QED) is 0.767. The van der Waals surface area contributed by atoms with Crippen LogP contribution in [-0.2, 0) is 6.54 Å². The lowest BCUT2D eigenvalue weighted by molar-refractivity contribution is 1.06. The predicted octanol–water partition coefficient (Wildman–Crippen LogP) is 2.70. The summed E-state index contributed by atoms with van der Waals surface area (Å²) in [5, 5.41) is 12.5. The highest BCUT2D eigenvalue weighted by molar-refractivity contribution is 7.09. The number of benzene rings is 1. The van der Waals surface area contributed by atoms with E-state index in [1.165, 1.54) is 4.88 Å². The lowest BCUT2D eigenvalue weighted by Crippen LogP contribution is -1.99. The molecule has 1 N–H and O–H groups in total. The van der Waals surface area contributed by atoms with Crippen LogP contribution >= 0.6 is 11.3 Å². The van der Waals surface area contributed by atoms with Crippen molar-refractivity contribution in [1.82, 2.24) is 15.2 Å². The first-order valence-corrected chi connectivity index (χ1v) is 6.13. The minimum Gasteiger partial charge on any atom is -0.378 e. The van der Waals surface area contributed by atoms with Gasteiger partial charge in [-0.3, -0.25) is 4.98 Å². The fraction of sp³-hybridized carbons (Fsp3) is 0.0833. The van der Waals surface area contributed by atoms with Crippen molar-refractivity contribution in [2.45, 2.75) is 6.54 Å². The van der Waals surface area contributed by atoms with Gasteiger partial charge in [0.1, 0.15) is 0 Å². The molecule has 3 rings (SSSR count). The molecule has 2 heterocycles. The molecule has 0 radical (unpaired) electrons. The first-order chi connectivity index (χ1) is 8.43. The predicted molar refractivity (Wildman–Crippen MR) is 69.0 cm³/mol. The van der Waals surface area contributed by atoms with Crippen molar-refractivity contribution in [3.8, 4) is 0 Å². The van der Waals surface area contributed by atoms with Gasteiger partial charge >= 0.3 is 0 Å². The van der Waals surface area contributed by atoms with E-state index < -0.39 is 0 Å². The number of nitrogens with one attached hydrogen (secondary N) is 1. The van der Waals surface area contributed by atoms with Gasteiger partial charge in [-0.05, 0) is 6.07 Å². The van der Waals surface area contributed by atoms with E-state index in [4.69, 9.17) is 0 Å². The Kier molecular flexibility index (Phi) is 2.67. The Hall–Kier alpha value is -2.01. The average molecular weight is 242 g/mol. The van der Waals surface area contributed by atoms with Crippen LogP contribution in [0.2, 0.25) is 0 Å². The van der Waals surface area contributed by atoms with E-state index >= 15 is 0 Å². The van der Waals surface area contributed by atoms with Gasteiger partial charge in [0.2, 0.25) is 0 Å². The fourth-order valence-corrected chi connectivity index (χ4v) is 2.19. The van der Waals surface area contributed by atoms with Crippen LogP contribution in [0.4, 0.5) is 5.69 Å². The van der Waals surface area contributed by atoms with E-state index in [0.29, 0.717) is 0 Å². The molecule has 4 nitrogen and oxygen atoms in total. The van der Waals surface area contributed by atoms with Crippen LogP contribution in [0.1, 0.15) is 4.88 Å². The second-order valence-electron chi connectivity index (χ2n) is 3.60. The number of thiazole rings is 1. The molecule has 84 valence electrons. The summed E-state index contributed by atoms with van der Waals surface area (Å²) in [6.07, 6.45) is 3.62. The molecule has 3 aromatic rings. The summed E-state index contributed by atoms with van der Waals surface area (Å²) in [6, 6.07) is 7.96. The number of rotatable bonds is 3. The highest BCUT2D eigenvalue weighted by atomic mass is 32.1. The minimum atomic E-state index is 0.764. The summed E-state index contributed by atoms with van der Waals surface area (Å²) >= 11 is 1.64. The zero-order valence-electron chi connectivity index (χ0n) is 9.00. The van der Waals surface area contributed by atoms with E-state index in [1.54, 1.807) is 17.5 Å². The molecule has 0 atom stereocenters. The van der Waals surface area contributed by atoms with E-state index in [0.717, 1.165) is 23.1 Å². The second-order valence-corrected chi connectivity index (χ2v) is 4.57. The van der Waals surface area contributed by atoms with Gasteiger partial charge in [-0.2, -0.15) is 10.2 Å². The summed E-state index contributed by atoms with van der Waals surface area (Å²) in [5.74, 6) is 0. The van der Waals surface area contributed by atoms with Crippen LogP contribution in [-0.4, -0.2) is 15.2 Å². The molecule has 2 aromatic heterocycles. The first-order valence-electron chi connectivity index (χ1n) is 5.25. The van der Waals surface area contributed by atoms with Crippen LogP contribution in [0.25, 0.3) is 10.9 Å². The Morgan fingerprint density at radius 3 is 3.00 bits per heavy atom. The normalized spacial score (nSPS) is 10.6. The van der Waals surface area contributed by atoms with Crippen molar-refractivity contribution < 1.29 is 0 Å². The summed E-state index contributed by atoms with van der Waals surface area (Å²) in [5.41, 5.74) is 3.74. The highest BCUT2D eigenvalue weighted by Crippen LogP contribution is 2.20. The van der Waals surface area contributed by atoms with Crippen LogP contribution in [0.3, 0.4) is 0 Å². The molecule has 0 unspecified atom stereocenters. The molecule has 0 aliphatic rings. The molecular weight excluding hydrogens is 232 g/mol. The molecule has 0 saturated heterocycles. The minimum absolute atomic E-state index is 0.764. The van der Waals surface area contributed by atoms with Gasteiger partial charge in [0.25, 0.3) is 0 Å². The summed E-state index contributed by atoms with van der Waals surface area (Å²) in [7, 11) is 0. The van der Waals surface area contributed by atoms with Gasteiger partial charge in [-0.1, -0.05) is 18.2 Å². The Labute approximate surface area is 102 Å². The summed E-state index contributed by atoms with van der Waals surface area (Å²) in [6.45, 7) is 0.764. The molecule has 1 aromatic carbocycles. The van der Waals surface area contributed by atoms with Crippen molar-refractivity contribution in [2.24, 2.45) is 0 Å². The average Bonchev–Trinajstić information content (AvgIpc) is 2.89. The maximum Gasteiger partial charge on any atom is 0.0950 e. The van der Waals surface area contributed by atoms with E-state index in [9.17, 15) is 0 Å². The molecule has 0 amide bonds. The molecule has 0 aliphatic carbocycles. The third-order valence-electron chi connectivity index (χ3n) is 2.48. The van der Waals surface area contributed by atoms with Gasteiger partial charge in [-0.25, -0.2) is 0 Å². The fourth-order valence-electron chi connectivity index (χ4n) is 1.66. The van der Waals surface area contributed by atoms with Gasteiger partial charge in [0.15, 0.2) is 0 Å². The maximum absolute atomic E-state index is 4.09. The smallest absolute Gasteiger partial charge is 0.0950 e. The monoisotopic (exact) mass is 242 g/mol. The molecule has 0 aliphatic heterocycles. The molecule has 0 spiro atoms. The standard InChI is InChI=1S/C12H10N4S/c1-2-4-11-10(3-1)12(7-15-16-11)14-6-9-5-13-8-17-9/h1-5,7-8H,6H2,(H,14,16). The van der Waals surface area contributed by atoms with Crippen LogP contribution in [0, 0.1) is 0 Å². The molecule has 0 fully saturated rings.